The van der Waals surface area contributed by atoms with E-state index < -0.39 is 24.0 Å². The first-order chi connectivity index (χ1) is 6.45. The van der Waals surface area contributed by atoms with Crippen LogP contribution in [0.2, 0.25) is 0 Å². The van der Waals surface area contributed by atoms with Gasteiger partial charge in [-0.3, -0.25) is 9.59 Å². The van der Waals surface area contributed by atoms with E-state index >= 15 is 0 Å². The van der Waals surface area contributed by atoms with E-state index in [1.807, 2.05) is 0 Å². The minimum atomic E-state index is -1.07. The van der Waals surface area contributed by atoms with Crippen molar-refractivity contribution in [2.24, 2.45) is 11.5 Å². The van der Waals surface area contributed by atoms with Gasteiger partial charge in [-0.2, -0.15) is 0 Å². The molecule has 0 aliphatic carbocycles. The van der Waals surface area contributed by atoms with Gasteiger partial charge in [-0.1, -0.05) is 21.6 Å². The van der Waals surface area contributed by atoms with Crippen molar-refractivity contribution >= 4 is 58.3 Å². The lowest BCUT2D eigenvalue weighted by Crippen LogP contribution is -2.33. The summed E-state index contributed by atoms with van der Waals surface area (Å²) in [6, 6.07) is -1.85. The highest BCUT2D eigenvalue weighted by atomic mass is 35.5. The van der Waals surface area contributed by atoms with Crippen LogP contribution < -0.4 is 11.5 Å². The molecule has 2 atom stereocenters. The van der Waals surface area contributed by atoms with Crippen LogP contribution in [-0.4, -0.2) is 56.7 Å². The van der Waals surface area contributed by atoms with Gasteiger partial charge in [-0.05, 0) is 0 Å². The number of carboxylic acids is 2. The highest BCUT2D eigenvalue weighted by molar-refractivity contribution is 8.76. The standard InChI is InChI=1S/C6H12N2O4S2.2ClH.2H2O/c7-3(5(9)10)1-13-14-2-4(8)6(11)12;;;;/h3-4H,1-2,7-8H2,(H,9,10)(H,11,12);2*1H;2*1H2/t3-,4+;;;;. The molecule has 114 valence electrons. The molecule has 0 amide bonds. The molecule has 12 heteroatoms. The number of halogens is 2. The first-order valence-electron chi connectivity index (χ1n) is 3.66. The summed E-state index contributed by atoms with van der Waals surface area (Å²) in [5.41, 5.74) is 10.4. The van der Waals surface area contributed by atoms with Crippen LogP contribution in [0.15, 0.2) is 0 Å². The second kappa shape index (κ2) is 17.1. The molecule has 0 radical (unpaired) electrons. The van der Waals surface area contributed by atoms with E-state index in [-0.39, 0.29) is 47.3 Å². The zero-order valence-corrected chi connectivity index (χ0v) is 12.3. The number of nitrogens with two attached hydrogens (primary N) is 2. The van der Waals surface area contributed by atoms with Gasteiger partial charge in [0.05, 0.1) is 0 Å². The fraction of sp³-hybridized carbons (Fsp3) is 0.667. The van der Waals surface area contributed by atoms with Crippen molar-refractivity contribution in [2.45, 2.75) is 12.1 Å². The number of carbonyl (C=O) groups is 2. The highest BCUT2D eigenvalue weighted by Crippen LogP contribution is 2.22. The van der Waals surface area contributed by atoms with Crippen LogP contribution >= 0.6 is 46.4 Å². The van der Waals surface area contributed by atoms with Crippen LogP contribution in [0.3, 0.4) is 0 Å². The van der Waals surface area contributed by atoms with Crippen molar-refractivity contribution in [2.75, 3.05) is 11.5 Å². The molecule has 0 aromatic heterocycles. The van der Waals surface area contributed by atoms with Crippen molar-refractivity contribution in [3.8, 4) is 0 Å². The molecule has 0 saturated heterocycles. The third-order valence-electron chi connectivity index (χ3n) is 1.21. The quantitative estimate of drug-likeness (QED) is 0.311. The first-order valence-corrected chi connectivity index (χ1v) is 6.15. The summed E-state index contributed by atoms with van der Waals surface area (Å²) < 4.78 is 0. The highest BCUT2D eigenvalue weighted by Gasteiger charge is 2.14. The molecule has 0 saturated carbocycles. The number of hydrogen-bond acceptors (Lipinski definition) is 6. The summed E-state index contributed by atoms with van der Waals surface area (Å²) in [5, 5.41) is 16.8. The normalized spacial score (nSPS) is 11.4. The number of rotatable bonds is 7. The Kier molecular flexibility index (Phi) is 29.2. The lowest BCUT2D eigenvalue weighted by Gasteiger charge is -2.07. The molecule has 0 bridgehead atoms. The third kappa shape index (κ3) is 16.1. The summed E-state index contributed by atoms with van der Waals surface area (Å²) in [6.45, 7) is 0. The van der Waals surface area contributed by atoms with Crippen LogP contribution in [0.1, 0.15) is 0 Å². The first kappa shape index (κ1) is 30.8. The van der Waals surface area contributed by atoms with Gasteiger partial charge in [0.2, 0.25) is 0 Å². The van der Waals surface area contributed by atoms with Crippen molar-refractivity contribution in [1.82, 2.24) is 0 Å². The fourth-order valence-electron chi connectivity index (χ4n) is 0.385. The Hall–Kier alpha value is 0.0600. The zero-order valence-electron chi connectivity index (χ0n) is 9.07. The molecule has 8 nitrogen and oxygen atoms in total. The predicted octanol–water partition coefficient (Wildman–Crippen LogP) is -1.61. The maximum absolute atomic E-state index is 10.3. The van der Waals surface area contributed by atoms with Crippen LogP contribution in [0.4, 0.5) is 0 Å². The minimum Gasteiger partial charge on any atom is -0.480 e. The van der Waals surface area contributed by atoms with Crippen molar-refractivity contribution in [1.29, 1.82) is 0 Å². The Bertz CT molecular complexity index is 204. The molecular formula is C6H18Cl2N2O6S2. The van der Waals surface area contributed by atoms with E-state index in [4.69, 9.17) is 21.7 Å². The molecule has 0 aromatic carbocycles. The molecule has 0 rings (SSSR count). The molecule has 0 spiro atoms. The maximum Gasteiger partial charge on any atom is 0.321 e. The molecule has 0 fully saturated rings. The Morgan fingerprint density at radius 1 is 0.889 bits per heavy atom. The van der Waals surface area contributed by atoms with Crippen LogP contribution in [0, 0.1) is 0 Å². The average molecular weight is 349 g/mol. The Morgan fingerprint density at radius 2 is 1.11 bits per heavy atom. The topological polar surface area (TPSA) is 190 Å². The minimum absolute atomic E-state index is 0. The number of carboxylic acid groups (broad SMARTS) is 2. The van der Waals surface area contributed by atoms with E-state index in [1.165, 1.54) is 21.6 Å². The lowest BCUT2D eigenvalue weighted by molar-refractivity contribution is -0.138. The molecule has 18 heavy (non-hydrogen) atoms. The Morgan fingerprint density at radius 3 is 1.28 bits per heavy atom. The van der Waals surface area contributed by atoms with Crippen LogP contribution in [-0.2, 0) is 9.59 Å². The summed E-state index contributed by atoms with van der Waals surface area (Å²) in [4.78, 5) is 20.5. The van der Waals surface area contributed by atoms with Gasteiger partial charge in [0.15, 0.2) is 0 Å². The van der Waals surface area contributed by atoms with Crippen LogP contribution in [0.5, 0.6) is 0 Å². The summed E-state index contributed by atoms with van der Waals surface area (Å²) >= 11 is 0. The maximum atomic E-state index is 10.3. The van der Waals surface area contributed by atoms with Gasteiger partial charge in [0.25, 0.3) is 0 Å². The molecule has 0 aliphatic rings. The molecule has 0 aromatic rings. The van der Waals surface area contributed by atoms with Gasteiger partial charge in [0.1, 0.15) is 12.1 Å². The van der Waals surface area contributed by atoms with Crippen molar-refractivity contribution in [3.63, 3.8) is 0 Å². The molecular weight excluding hydrogens is 331 g/mol. The summed E-state index contributed by atoms with van der Waals surface area (Å²) in [7, 11) is 2.41. The number of aliphatic carboxylic acids is 2. The van der Waals surface area contributed by atoms with Gasteiger partial charge < -0.3 is 32.6 Å². The second-order valence-electron chi connectivity index (χ2n) is 2.46. The van der Waals surface area contributed by atoms with Crippen LogP contribution in [0.25, 0.3) is 0 Å². The predicted molar refractivity (Wildman–Crippen MR) is 77.9 cm³/mol. The van der Waals surface area contributed by atoms with Gasteiger partial charge in [-0.25, -0.2) is 0 Å². The second-order valence-corrected chi connectivity index (χ2v) is 5.01. The van der Waals surface area contributed by atoms with Crippen molar-refractivity contribution < 1.29 is 30.8 Å². The zero-order chi connectivity index (χ0) is 11.1. The lowest BCUT2D eigenvalue weighted by atomic mass is 10.4. The summed E-state index contributed by atoms with van der Waals surface area (Å²) in [6.07, 6.45) is 0. The van der Waals surface area contributed by atoms with Gasteiger partial charge >= 0.3 is 11.9 Å². The monoisotopic (exact) mass is 348 g/mol. The van der Waals surface area contributed by atoms with Gasteiger partial charge in [0, 0.05) is 11.5 Å². The van der Waals surface area contributed by atoms with E-state index in [2.05, 4.69) is 0 Å². The molecule has 0 aliphatic heterocycles. The van der Waals surface area contributed by atoms with Gasteiger partial charge in [-0.15, -0.1) is 24.8 Å². The van der Waals surface area contributed by atoms with E-state index in [0.717, 1.165) is 0 Å². The molecule has 0 unspecified atom stereocenters. The van der Waals surface area contributed by atoms with E-state index in [1.54, 1.807) is 0 Å². The largest absolute Gasteiger partial charge is 0.480 e. The number of hydrogen-bond donors (Lipinski definition) is 4. The van der Waals surface area contributed by atoms with E-state index in [0.29, 0.717) is 0 Å². The Labute approximate surface area is 124 Å². The average Bonchev–Trinajstić information content (AvgIpc) is 2.11. The summed E-state index contributed by atoms with van der Waals surface area (Å²) in [5.74, 6) is -1.68. The SMILES string of the molecule is Cl.Cl.N[C@H](CSSC[C@H](N)C(=O)O)C(=O)O.O.O. The fourth-order valence-corrected chi connectivity index (χ4v) is 2.61. The smallest absolute Gasteiger partial charge is 0.321 e. The Balaban J connectivity index is -0.000000141. The van der Waals surface area contributed by atoms with E-state index in [9.17, 15) is 9.59 Å². The third-order valence-corrected chi connectivity index (χ3v) is 3.69. The molecule has 0 heterocycles. The molecule has 10 N–H and O–H groups in total. The van der Waals surface area contributed by atoms with Crippen molar-refractivity contribution in [3.05, 3.63) is 0 Å².